The second kappa shape index (κ2) is 9.12. The van der Waals surface area contributed by atoms with Crippen LogP contribution in [-0.2, 0) is 24.4 Å². The highest BCUT2D eigenvalue weighted by Crippen LogP contribution is 2.31. The summed E-state index contributed by atoms with van der Waals surface area (Å²) in [6.07, 6.45) is 3.37. The molecule has 2 fully saturated rings. The van der Waals surface area contributed by atoms with E-state index < -0.39 is 10.0 Å². The lowest BCUT2D eigenvalue weighted by Crippen LogP contribution is -2.44. The summed E-state index contributed by atoms with van der Waals surface area (Å²) >= 11 is 0. The van der Waals surface area contributed by atoms with Gasteiger partial charge < -0.3 is 4.74 Å². The van der Waals surface area contributed by atoms with Crippen LogP contribution >= 0.6 is 0 Å². The van der Waals surface area contributed by atoms with Crippen molar-refractivity contribution < 1.29 is 22.8 Å². The van der Waals surface area contributed by atoms with E-state index in [9.17, 15) is 13.2 Å². The van der Waals surface area contributed by atoms with E-state index in [-0.39, 0.29) is 18.1 Å². The molecule has 0 saturated carbocycles. The third-order valence-corrected chi connectivity index (χ3v) is 8.32. The Morgan fingerprint density at radius 2 is 1.69 bits per heavy atom. The van der Waals surface area contributed by atoms with Gasteiger partial charge in [-0.15, -0.1) is 0 Å². The zero-order valence-electron chi connectivity index (χ0n) is 17.8. The maximum absolute atomic E-state index is 13.3. The molecule has 2 aliphatic rings. The molecule has 1 aromatic rings. The molecule has 8 heteroatoms. The number of hydrogen-bond donors (Lipinski definition) is 1. The molecule has 2 heterocycles. The first-order valence-electron chi connectivity index (χ1n) is 10.4. The molecule has 162 valence electrons. The number of hydrogen-bond acceptors (Lipinski definition) is 5. The fraction of sp³-hybridized carbons (Fsp3) is 0.667. The Balaban J connectivity index is 1.62. The summed E-state index contributed by atoms with van der Waals surface area (Å²) < 4.78 is 33.6. The van der Waals surface area contributed by atoms with Crippen LogP contribution < -0.4 is 5.48 Å². The van der Waals surface area contributed by atoms with Gasteiger partial charge in [0.1, 0.15) is 0 Å². The number of nitrogens with one attached hydrogen (secondary N) is 1. The number of benzene rings is 1. The summed E-state index contributed by atoms with van der Waals surface area (Å²) in [5.74, 6) is -0.457. The molecule has 1 N–H and O–H groups in total. The molecule has 1 amide bonds. The Bertz CT molecular complexity index is 828. The maximum atomic E-state index is 13.3. The molecule has 0 unspecified atom stereocenters. The van der Waals surface area contributed by atoms with Gasteiger partial charge in [-0.25, -0.2) is 18.7 Å². The standard InChI is InChI=1S/C21H32N2O5S/c1-14-13-15(2)17(4)20(16(14)3)29(25,26)23-10-8-18(9-11-23)21(24)22-28-19-7-5-6-12-27-19/h13,18-19H,5-12H2,1-4H3,(H,22,24)/t19-/m0/s1. The zero-order chi connectivity index (χ0) is 21.2. The lowest BCUT2D eigenvalue weighted by Gasteiger charge is -2.32. The third kappa shape index (κ3) is 4.82. The maximum Gasteiger partial charge on any atom is 0.246 e. The van der Waals surface area contributed by atoms with Crippen molar-refractivity contribution in [2.24, 2.45) is 5.92 Å². The van der Waals surface area contributed by atoms with E-state index in [0.29, 0.717) is 37.4 Å². The topological polar surface area (TPSA) is 84.9 Å². The van der Waals surface area contributed by atoms with E-state index in [2.05, 4.69) is 5.48 Å². The number of aryl methyl sites for hydroxylation is 2. The third-order valence-electron chi connectivity index (χ3n) is 6.15. The van der Waals surface area contributed by atoms with Crippen LogP contribution in [0.15, 0.2) is 11.0 Å². The minimum absolute atomic E-state index is 0.199. The van der Waals surface area contributed by atoms with Gasteiger partial charge in [0.05, 0.1) is 4.90 Å². The van der Waals surface area contributed by atoms with Crippen molar-refractivity contribution in [3.63, 3.8) is 0 Å². The highest BCUT2D eigenvalue weighted by atomic mass is 32.2. The van der Waals surface area contributed by atoms with E-state index in [4.69, 9.17) is 9.57 Å². The second-order valence-electron chi connectivity index (χ2n) is 8.15. The van der Waals surface area contributed by atoms with Crippen molar-refractivity contribution in [1.29, 1.82) is 0 Å². The lowest BCUT2D eigenvalue weighted by atomic mass is 9.98. The lowest BCUT2D eigenvalue weighted by molar-refractivity contribution is -0.202. The Hall–Kier alpha value is -1.48. The molecule has 0 aliphatic carbocycles. The largest absolute Gasteiger partial charge is 0.350 e. The summed E-state index contributed by atoms with van der Waals surface area (Å²) in [6.45, 7) is 8.90. The average Bonchev–Trinajstić information content (AvgIpc) is 2.71. The minimum Gasteiger partial charge on any atom is -0.350 e. The van der Waals surface area contributed by atoms with Gasteiger partial charge in [-0.3, -0.25) is 4.79 Å². The van der Waals surface area contributed by atoms with Crippen molar-refractivity contribution in [2.75, 3.05) is 19.7 Å². The van der Waals surface area contributed by atoms with Gasteiger partial charge in [0.2, 0.25) is 15.9 Å². The highest BCUT2D eigenvalue weighted by Gasteiger charge is 2.34. The van der Waals surface area contributed by atoms with Crippen molar-refractivity contribution in [1.82, 2.24) is 9.79 Å². The fourth-order valence-corrected chi connectivity index (χ4v) is 6.11. The zero-order valence-corrected chi connectivity index (χ0v) is 18.6. The average molecular weight is 425 g/mol. The van der Waals surface area contributed by atoms with Crippen LogP contribution in [0.2, 0.25) is 0 Å². The van der Waals surface area contributed by atoms with Crippen LogP contribution in [0.3, 0.4) is 0 Å². The molecule has 2 saturated heterocycles. The smallest absolute Gasteiger partial charge is 0.246 e. The van der Waals surface area contributed by atoms with Crippen LogP contribution in [0.1, 0.15) is 54.4 Å². The van der Waals surface area contributed by atoms with Gasteiger partial charge in [0, 0.05) is 32.0 Å². The fourth-order valence-electron chi connectivity index (χ4n) is 4.07. The molecule has 0 aromatic heterocycles. The number of amides is 1. The first-order chi connectivity index (χ1) is 13.7. The first-order valence-corrected chi connectivity index (χ1v) is 11.8. The number of rotatable bonds is 5. The number of nitrogens with zero attached hydrogens (tertiary/aromatic N) is 1. The number of sulfonamides is 1. The van der Waals surface area contributed by atoms with Crippen LogP contribution in [0, 0.1) is 33.6 Å². The second-order valence-corrected chi connectivity index (χ2v) is 10.0. The van der Waals surface area contributed by atoms with Crippen LogP contribution in [0.25, 0.3) is 0 Å². The number of carbonyl (C=O) groups excluding carboxylic acids is 1. The predicted octanol–water partition coefficient (Wildman–Crippen LogP) is 2.90. The summed E-state index contributed by atoms with van der Waals surface area (Å²) in [5, 5.41) is 0. The number of carbonyl (C=O) groups is 1. The number of hydroxylamine groups is 1. The van der Waals surface area contributed by atoms with Gasteiger partial charge in [-0.1, -0.05) is 6.07 Å². The van der Waals surface area contributed by atoms with E-state index in [1.54, 1.807) is 0 Å². The Kier molecular flexibility index (Phi) is 6.98. The van der Waals surface area contributed by atoms with Crippen molar-refractivity contribution in [2.45, 2.75) is 71.0 Å². The number of piperidine rings is 1. The van der Waals surface area contributed by atoms with Crippen LogP contribution in [0.5, 0.6) is 0 Å². The van der Waals surface area contributed by atoms with E-state index >= 15 is 0 Å². The molecule has 0 bridgehead atoms. The quantitative estimate of drug-likeness (QED) is 0.735. The SMILES string of the molecule is Cc1cc(C)c(C)c(S(=O)(=O)N2CCC(C(=O)NO[C@H]3CCCCO3)CC2)c1C. The summed E-state index contributed by atoms with van der Waals surface area (Å²) in [7, 11) is -3.60. The first kappa shape index (κ1) is 22.2. The molecule has 1 aromatic carbocycles. The normalized spacial score (nSPS) is 21.9. The van der Waals surface area contributed by atoms with E-state index in [1.165, 1.54) is 4.31 Å². The molecule has 1 atom stereocenters. The highest BCUT2D eigenvalue weighted by molar-refractivity contribution is 7.89. The monoisotopic (exact) mass is 424 g/mol. The van der Waals surface area contributed by atoms with Gasteiger partial charge in [0.15, 0.2) is 6.29 Å². The van der Waals surface area contributed by atoms with Crippen molar-refractivity contribution >= 4 is 15.9 Å². The van der Waals surface area contributed by atoms with E-state index in [0.717, 1.165) is 41.5 Å². The molecule has 0 radical (unpaired) electrons. The summed E-state index contributed by atoms with van der Waals surface area (Å²) in [5.41, 5.74) is 6.06. The van der Waals surface area contributed by atoms with Gasteiger partial charge >= 0.3 is 0 Å². The van der Waals surface area contributed by atoms with Crippen LogP contribution in [0.4, 0.5) is 0 Å². The predicted molar refractivity (Wildman–Crippen MR) is 110 cm³/mol. The summed E-state index contributed by atoms with van der Waals surface area (Å²) in [4.78, 5) is 18.2. The van der Waals surface area contributed by atoms with Gasteiger partial charge in [-0.05, 0) is 75.6 Å². The minimum atomic E-state index is -3.60. The van der Waals surface area contributed by atoms with Gasteiger partial charge in [-0.2, -0.15) is 4.31 Å². The molecule has 2 aliphatic heterocycles. The molecule has 3 rings (SSSR count). The van der Waals surface area contributed by atoms with Crippen molar-refractivity contribution in [3.8, 4) is 0 Å². The Labute approximate surface area is 173 Å². The Morgan fingerprint density at radius 1 is 1.07 bits per heavy atom. The van der Waals surface area contributed by atoms with Gasteiger partial charge in [0.25, 0.3) is 0 Å². The molecular weight excluding hydrogens is 392 g/mol. The van der Waals surface area contributed by atoms with Crippen molar-refractivity contribution in [3.05, 3.63) is 28.3 Å². The number of ether oxygens (including phenoxy) is 1. The molecular formula is C21H32N2O5S. The molecule has 29 heavy (non-hydrogen) atoms. The molecule has 7 nitrogen and oxygen atoms in total. The Morgan fingerprint density at radius 3 is 2.24 bits per heavy atom. The summed E-state index contributed by atoms with van der Waals surface area (Å²) in [6, 6.07) is 2.02. The van der Waals surface area contributed by atoms with Crippen LogP contribution in [-0.4, -0.2) is 44.6 Å². The van der Waals surface area contributed by atoms with E-state index in [1.807, 2.05) is 33.8 Å². The molecule has 0 spiro atoms.